The second kappa shape index (κ2) is 5.57. The molecule has 0 aliphatic carbocycles. The standard InChI is InChI=1S/C14H23N3O/c1-4-7-18-13-8-12(9-15-10-13)17-6-5-16-14(2,3)11-17/h8-10,16H,4-7,11H2,1-3H3. The smallest absolute Gasteiger partial charge is 0.139 e. The lowest BCUT2D eigenvalue weighted by atomic mass is 10.0. The molecule has 4 heteroatoms. The van der Waals surface area contributed by atoms with Crippen LogP contribution in [0.25, 0.3) is 0 Å². The van der Waals surface area contributed by atoms with Crippen LogP contribution in [0.15, 0.2) is 18.5 Å². The molecule has 0 aromatic carbocycles. The SMILES string of the molecule is CCCOc1cncc(N2CCNC(C)(C)C2)c1. The second-order valence-electron chi connectivity index (χ2n) is 5.46. The zero-order valence-electron chi connectivity index (χ0n) is 11.6. The lowest BCUT2D eigenvalue weighted by molar-refractivity contribution is 0.315. The molecule has 0 saturated carbocycles. The number of aromatic nitrogens is 1. The second-order valence-corrected chi connectivity index (χ2v) is 5.46. The Morgan fingerprint density at radius 3 is 3.00 bits per heavy atom. The van der Waals surface area contributed by atoms with Crippen LogP contribution in [0, 0.1) is 0 Å². The van der Waals surface area contributed by atoms with Gasteiger partial charge in [-0.3, -0.25) is 4.98 Å². The maximum absolute atomic E-state index is 5.63. The predicted molar refractivity (Wildman–Crippen MR) is 74.3 cm³/mol. The van der Waals surface area contributed by atoms with Gasteiger partial charge in [0.2, 0.25) is 0 Å². The van der Waals surface area contributed by atoms with E-state index in [-0.39, 0.29) is 5.54 Å². The average molecular weight is 249 g/mol. The van der Waals surface area contributed by atoms with Gasteiger partial charge in [-0.2, -0.15) is 0 Å². The van der Waals surface area contributed by atoms with E-state index in [2.05, 4.69) is 42.0 Å². The molecule has 1 aromatic rings. The molecule has 2 rings (SSSR count). The molecule has 1 N–H and O–H groups in total. The van der Waals surface area contributed by atoms with E-state index >= 15 is 0 Å². The molecular weight excluding hydrogens is 226 g/mol. The van der Waals surface area contributed by atoms with Gasteiger partial charge in [0.1, 0.15) is 5.75 Å². The highest BCUT2D eigenvalue weighted by atomic mass is 16.5. The van der Waals surface area contributed by atoms with Crippen LogP contribution >= 0.6 is 0 Å². The van der Waals surface area contributed by atoms with Crippen molar-refractivity contribution in [2.24, 2.45) is 0 Å². The van der Waals surface area contributed by atoms with E-state index in [0.29, 0.717) is 0 Å². The molecule has 1 aliphatic rings. The van der Waals surface area contributed by atoms with Gasteiger partial charge >= 0.3 is 0 Å². The molecule has 2 heterocycles. The van der Waals surface area contributed by atoms with E-state index in [1.54, 1.807) is 6.20 Å². The van der Waals surface area contributed by atoms with Crippen LogP contribution in [-0.4, -0.2) is 36.8 Å². The van der Waals surface area contributed by atoms with Gasteiger partial charge < -0.3 is 15.0 Å². The molecule has 0 radical (unpaired) electrons. The first-order valence-electron chi connectivity index (χ1n) is 6.68. The van der Waals surface area contributed by atoms with Crippen molar-refractivity contribution >= 4 is 5.69 Å². The number of hydrogen-bond acceptors (Lipinski definition) is 4. The third-order valence-corrected chi connectivity index (χ3v) is 3.11. The summed E-state index contributed by atoms with van der Waals surface area (Å²) in [4.78, 5) is 6.64. The Labute approximate surface area is 109 Å². The minimum atomic E-state index is 0.151. The van der Waals surface area contributed by atoms with Crippen LogP contribution in [0.2, 0.25) is 0 Å². The Balaban J connectivity index is 2.07. The number of rotatable bonds is 4. The number of nitrogens with zero attached hydrogens (tertiary/aromatic N) is 2. The van der Waals surface area contributed by atoms with E-state index in [4.69, 9.17) is 4.74 Å². The molecule has 1 saturated heterocycles. The maximum Gasteiger partial charge on any atom is 0.139 e. The van der Waals surface area contributed by atoms with Crippen LogP contribution in [0.4, 0.5) is 5.69 Å². The predicted octanol–water partition coefficient (Wildman–Crippen LogP) is 2.06. The molecule has 0 unspecified atom stereocenters. The van der Waals surface area contributed by atoms with Gasteiger partial charge in [-0.15, -0.1) is 0 Å². The average Bonchev–Trinajstić information content (AvgIpc) is 2.35. The first-order valence-corrected chi connectivity index (χ1v) is 6.68. The molecule has 4 nitrogen and oxygen atoms in total. The first-order chi connectivity index (χ1) is 8.61. The Morgan fingerprint density at radius 2 is 2.28 bits per heavy atom. The lowest BCUT2D eigenvalue weighted by Crippen LogP contribution is -2.57. The fourth-order valence-corrected chi connectivity index (χ4v) is 2.24. The molecule has 0 amide bonds. The van der Waals surface area contributed by atoms with Crippen molar-refractivity contribution in [1.82, 2.24) is 10.3 Å². The molecular formula is C14H23N3O. The number of hydrogen-bond donors (Lipinski definition) is 1. The summed E-state index contributed by atoms with van der Waals surface area (Å²) in [7, 11) is 0. The summed E-state index contributed by atoms with van der Waals surface area (Å²) in [6.07, 6.45) is 4.72. The largest absolute Gasteiger partial charge is 0.492 e. The van der Waals surface area contributed by atoms with Gasteiger partial charge in [0.15, 0.2) is 0 Å². The molecule has 0 atom stereocenters. The van der Waals surface area contributed by atoms with E-state index < -0.39 is 0 Å². The fraction of sp³-hybridized carbons (Fsp3) is 0.643. The van der Waals surface area contributed by atoms with Crippen LogP contribution in [0.3, 0.4) is 0 Å². The van der Waals surface area contributed by atoms with Crippen molar-refractivity contribution in [3.05, 3.63) is 18.5 Å². The molecule has 0 bridgehead atoms. The lowest BCUT2D eigenvalue weighted by Gasteiger charge is -2.40. The summed E-state index contributed by atoms with van der Waals surface area (Å²) >= 11 is 0. The topological polar surface area (TPSA) is 37.4 Å². The van der Waals surface area contributed by atoms with E-state index in [9.17, 15) is 0 Å². The zero-order chi connectivity index (χ0) is 13.0. The van der Waals surface area contributed by atoms with Crippen molar-refractivity contribution in [2.75, 3.05) is 31.1 Å². The number of pyridine rings is 1. The Kier molecular flexibility index (Phi) is 4.07. The monoisotopic (exact) mass is 249 g/mol. The highest BCUT2D eigenvalue weighted by Crippen LogP contribution is 2.22. The number of piperazine rings is 1. The third-order valence-electron chi connectivity index (χ3n) is 3.11. The third kappa shape index (κ3) is 3.35. The van der Waals surface area contributed by atoms with Gasteiger partial charge in [0, 0.05) is 31.2 Å². The Bertz CT molecular complexity index is 392. The highest BCUT2D eigenvalue weighted by molar-refractivity contribution is 5.49. The quantitative estimate of drug-likeness (QED) is 0.886. The van der Waals surface area contributed by atoms with Crippen molar-refractivity contribution in [1.29, 1.82) is 0 Å². The summed E-state index contributed by atoms with van der Waals surface area (Å²) in [5, 5.41) is 3.51. The van der Waals surface area contributed by atoms with Crippen LogP contribution < -0.4 is 15.0 Å². The van der Waals surface area contributed by atoms with Crippen molar-refractivity contribution in [2.45, 2.75) is 32.7 Å². The van der Waals surface area contributed by atoms with Gasteiger partial charge in [-0.25, -0.2) is 0 Å². The molecule has 1 aromatic heterocycles. The van der Waals surface area contributed by atoms with Crippen molar-refractivity contribution in [3.63, 3.8) is 0 Å². The Morgan fingerprint density at radius 1 is 1.44 bits per heavy atom. The van der Waals surface area contributed by atoms with Crippen LogP contribution in [-0.2, 0) is 0 Å². The number of anilines is 1. The van der Waals surface area contributed by atoms with E-state index in [1.807, 2.05) is 6.20 Å². The normalized spacial score (nSPS) is 18.7. The van der Waals surface area contributed by atoms with Gasteiger partial charge in [0.25, 0.3) is 0 Å². The molecule has 1 aliphatic heterocycles. The highest BCUT2D eigenvalue weighted by Gasteiger charge is 2.25. The van der Waals surface area contributed by atoms with Gasteiger partial charge in [-0.1, -0.05) is 6.92 Å². The molecule has 1 fully saturated rings. The first kappa shape index (κ1) is 13.1. The van der Waals surface area contributed by atoms with E-state index in [1.165, 1.54) is 0 Å². The fourth-order valence-electron chi connectivity index (χ4n) is 2.24. The summed E-state index contributed by atoms with van der Waals surface area (Å²) in [5.41, 5.74) is 1.30. The van der Waals surface area contributed by atoms with Gasteiger partial charge in [-0.05, 0) is 20.3 Å². The summed E-state index contributed by atoms with van der Waals surface area (Å²) in [6.45, 7) is 10.3. The minimum absolute atomic E-state index is 0.151. The summed E-state index contributed by atoms with van der Waals surface area (Å²) in [6, 6.07) is 2.09. The van der Waals surface area contributed by atoms with Crippen molar-refractivity contribution in [3.8, 4) is 5.75 Å². The minimum Gasteiger partial charge on any atom is -0.492 e. The van der Waals surface area contributed by atoms with Crippen LogP contribution in [0.5, 0.6) is 5.75 Å². The molecule has 18 heavy (non-hydrogen) atoms. The summed E-state index contributed by atoms with van der Waals surface area (Å²) < 4.78 is 5.63. The molecule has 0 spiro atoms. The molecule has 100 valence electrons. The number of nitrogens with one attached hydrogen (secondary N) is 1. The summed E-state index contributed by atoms with van der Waals surface area (Å²) in [5.74, 6) is 0.866. The van der Waals surface area contributed by atoms with E-state index in [0.717, 1.165) is 44.1 Å². The van der Waals surface area contributed by atoms with Gasteiger partial charge in [0.05, 0.1) is 24.7 Å². The number of ether oxygens (including phenoxy) is 1. The van der Waals surface area contributed by atoms with Crippen molar-refractivity contribution < 1.29 is 4.74 Å². The van der Waals surface area contributed by atoms with Crippen LogP contribution in [0.1, 0.15) is 27.2 Å². The maximum atomic E-state index is 5.63. The zero-order valence-corrected chi connectivity index (χ0v) is 11.6. The Hall–Kier alpha value is -1.29.